The van der Waals surface area contributed by atoms with Crippen molar-refractivity contribution in [2.24, 2.45) is 0 Å². The first-order valence-electron chi connectivity index (χ1n) is 7.32. The predicted molar refractivity (Wildman–Crippen MR) is 77.3 cm³/mol. The molecule has 1 aliphatic rings. The van der Waals surface area contributed by atoms with Gasteiger partial charge in [0.05, 0.1) is 6.54 Å². The molecule has 0 spiro atoms. The number of ether oxygens (including phenoxy) is 1. The van der Waals surface area contributed by atoms with E-state index in [0.29, 0.717) is 34.9 Å². The monoisotopic (exact) mass is 314 g/mol. The minimum absolute atomic E-state index is 0.124. The van der Waals surface area contributed by atoms with Crippen LogP contribution in [0.5, 0.6) is 0 Å². The van der Waals surface area contributed by atoms with Crippen LogP contribution in [0.15, 0.2) is 22.7 Å². The molecule has 0 radical (unpaired) electrons. The molecule has 0 saturated carbocycles. The Morgan fingerprint density at radius 2 is 2.26 bits per heavy atom. The third-order valence-electron chi connectivity index (χ3n) is 3.67. The molecular weight excluding hydrogens is 300 g/mol. The van der Waals surface area contributed by atoms with Crippen molar-refractivity contribution < 1.29 is 14.1 Å². The molecule has 3 heterocycles. The van der Waals surface area contributed by atoms with E-state index in [1.807, 2.05) is 0 Å². The maximum absolute atomic E-state index is 12.2. The molecule has 118 valence electrons. The lowest BCUT2D eigenvalue weighted by Crippen LogP contribution is -2.23. The van der Waals surface area contributed by atoms with Crippen LogP contribution in [0.1, 0.15) is 41.0 Å². The Morgan fingerprint density at radius 1 is 1.35 bits per heavy atom. The number of carbonyl (C=O) groups is 1. The highest BCUT2D eigenvalue weighted by atomic mass is 16.5. The molecule has 2 aromatic heterocycles. The third kappa shape index (κ3) is 2.78. The summed E-state index contributed by atoms with van der Waals surface area (Å²) in [6, 6.07) is 5.09. The number of hydrogen-bond acceptors (Lipinski definition) is 7. The molecule has 3 aromatic rings. The summed E-state index contributed by atoms with van der Waals surface area (Å²) in [7, 11) is 0. The first-order chi connectivity index (χ1) is 11.3. The van der Waals surface area contributed by atoms with Crippen LogP contribution in [0.4, 0.5) is 0 Å². The van der Waals surface area contributed by atoms with Crippen molar-refractivity contribution in [3.8, 4) is 0 Å². The average molecular weight is 314 g/mol. The van der Waals surface area contributed by atoms with E-state index in [1.165, 1.54) is 0 Å². The summed E-state index contributed by atoms with van der Waals surface area (Å²) in [5, 5.41) is 17.0. The van der Waals surface area contributed by atoms with Crippen molar-refractivity contribution in [3.05, 3.63) is 35.5 Å². The van der Waals surface area contributed by atoms with E-state index in [4.69, 9.17) is 9.26 Å². The maximum atomic E-state index is 12.2. The Bertz CT molecular complexity index is 836. The van der Waals surface area contributed by atoms with E-state index in [2.05, 4.69) is 30.9 Å². The van der Waals surface area contributed by atoms with Gasteiger partial charge in [-0.2, -0.15) is 20.4 Å². The molecule has 1 fully saturated rings. The lowest BCUT2D eigenvalue weighted by Gasteiger charge is -2.02. The van der Waals surface area contributed by atoms with E-state index in [-0.39, 0.29) is 18.6 Å². The van der Waals surface area contributed by atoms with Crippen LogP contribution in [0.25, 0.3) is 11.0 Å². The Balaban J connectivity index is 1.40. The first kappa shape index (κ1) is 13.8. The molecule has 0 aliphatic carbocycles. The van der Waals surface area contributed by atoms with Crippen LogP contribution >= 0.6 is 0 Å². The molecule has 1 aromatic carbocycles. The zero-order valence-corrected chi connectivity index (χ0v) is 12.2. The minimum Gasteiger partial charge on any atom is -0.368 e. The number of rotatable bonds is 4. The number of aromatic amines is 1. The fourth-order valence-corrected chi connectivity index (χ4v) is 2.49. The van der Waals surface area contributed by atoms with Crippen molar-refractivity contribution in [1.29, 1.82) is 0 Å². The normalized spacial score (nSPS) is 17.7. The van der Waals surface area contributed by atoms with E-state index in [1.54, 1.807) is 18.2 Å². The third-order valence-corrected chi connectivity index (χ3v) is 3.67. The standard InChI is InChI=1S/C14H14N6O3/c21-13(8-3-4-9-10(6-8)18-20-17-9)15-7-12-16-14(23-19-12)11-2-1-5-22-11/h3-4,6,11H,1-2,5,7H2,(H,15,21)(H,17,18,20)/t11-/m1/s1. The average Bonchev–Trinajstić information content (AvgIpc) is 3.32. The van der Waals surface area contributed by atoms with Gasteiger partial charge in [0.2, 0.25) is 0 Å². The maximum Gasteiger partial charge on any atom is 0.255 e. The van der Waals surface area contributed by atoms with Gasteiger partial charge in [0.25, 0.3) is 11.8 Å². The number of H-pyrrole nitrogens is 1. The molecule has 1 aliphatic heterocycles. The second-order valence-corrected chi connectivity index (χ2v) is 5.26. The van der Waals surface area contributed by atoms with Gasteiger partial charge >= 0.3 is 0 Å². The van der Waals surface area contributed by atoms with Crippen LogP contribution in [0.2, 0.25) is 0 Å². The number of benzene rings is 1. The molecule has 9 nitrogen and oxygen atoms in total. The van der Waals surface area contributed by atoms with Gasteiger partial charge in [-0.25, -0.2) is 0 Å². The van der Waals surface area contributed by atoms with Crippen molar-refractivity contribution >= 4 is 16.9 Å². The van der Waals surface area contributed by atoms with Crippen LogP contribution in [0, 0.1) is 0 Å². The van der Waals surface area contributed by atoms with Gasteiger partial charge in [-0.15, -0.1) is 0 Å². The number of hydrogen-bond donors (Lipinski definition) is 2. The number of fused-ring (bicyclic) bond motifs is 1. The minimum atomic E-state index is -0.238. The highest BCUT2D eigenvalue weighted by molar-refractivity contribution is 5.97. The SMILES string of the molecule is O=C(NCc1noc([C@H]2CCCO2)n1)c1ccc2n[nH]nc2c1. The van der Waals surface area contributed by atoms with Crippen molar-refractivity contribution in [1.82, 2.24) is 30.9 Å². The lowest BCUT2D eigenvalue weighted by atomic mass is 10.2. The van der Waals surface area contributed by atoms with Gasteiger partial charge in [0, 0.05) is 12.2 Å². The number of aromatic nitrogens is 5. The summed E-state index contributed by atoms with van der Waals surface area (Å²) >= 11 is 0. The van der Waals surface area contributed by atoms with E-state index < -0.39 is 0 Å². The second kappa shape index (κ2) is 5.76. The number of amides is 1. The van der Waals surface area contributed by atoms with E-state index in [0.717, 1.165) is 12.8 Å². The highest BCUT2D eigenvalue weighted by Gasteiger charge is 2.23. The molecule has 0 bridgehead atoms. The largest absolute Gasteiger partial charge is 0.368 e. The number of nitrogens with zero attached hydrogens (tertiary/aromatic N) is 4. The Morgan fingerprint density at radius 3 is 3.13 bits per heavy atom. The Hall–Kier alpha value is -2.81. The molecule has 2 N–H and O–H groups in total. The van der Waals surface area contributed by atoms with E-state index in [9.17, 15) is 4.79 Å². The van der Waals surface area contributed by atoms with Crippen LogP contribution in [0.3, 0.4) is 0 Å². The fourth-order valence-electron chi connectivity index (χ4n) is 2.49. The van der Waals surface area contributed by atoms with Gasteiger partial charge in [-0.1, -0.05) is 5.16 Å². The molecular formula is C14H14N6O3. The van der Waals surface area contributed by atoms with Gasteiger partial charge in [0.1, 0.15) is 17.1 Å². The van der Waals surface area contributed by atoms with Gasteiger partial charge < -0.3 is 14.6 Å². The summed E-state index contributed by atoms with van der Waals surface area (Å²) < 4.78 is 10.7. The highest BCUT2D eigenvalue weighted by Crippen LogP contribution is 2.26. The predicted octanol–water partition coefficient (Wildman–Crippen LogP) is 1.12. The van der Waals surface area contributed by atoms with E-state index >= 15 is 0 Å². The number of nitrogens with one attached hydrogen (secondary N) is 2. The Labute approximate surface area is 130 Å². The van der Waals surface area contributed by atoms with Crippen LogP contribution in [-0.2, 0) is 11.3 Å². The fraction of sp³-hybridized carbons (Fsp3) is 0.357. The lowest BCUT2D eigenvalue weighted by molar-refractivity contribution is 0.0835. The summed E-state index contributed by atoms with van der Waals surface area (Å²) in [6.45, 7) is 0.898. The summed E-state index contributed by atoms with van der Waals surface area (Å²) in [6.07, 6.45) is 1.75. The molecule has 1 atom stereocenters. The molecule has 9 heteroatoms. The number of carbonyl (C=O) groups excluding carboxylic acids is 1. The molecule has 1 amide bonds. The van der Waals surface area contributed by atoms with Gasteiger partial charge in [0.15, 0.2) is 5.82 Å². The topological polar surface area (TPSA) is 119 Å². The first-order valence-corrected chi connectivity index (χ1v) is 7.32. The van der Waals surface area contributed by atoms with Gasteiger partial charge in [-0.3, -0.25) is 4.79 Å². The van der Waals surface area contributed by atoms with Gasteiger partial charge in [-0.05, 0) is 31.0 Å². The summed E-state index contributed by atoms with van der Waals surface area (Å²) in [4.78, 5) is 16.4. The molecule has 23 heavy (non-hydrogen) atoms. The van der Waals surface area contributed by atoms with Crippen molar-refractivity contribution in [2.75, 3.05) is 6.61 Å². The Kier molecular flexibility index (Phi) is 3.46. The molecule has 0 unspecified atom stereocenters. The smallest absolute Gasteiger partial charge is 0.255 e. The van der Waals surface area contributed by atoms with Crippen molar-refractivity contribution in [3.63, 3.8) is 0 Å². The molecule has 4 rings (SSSR count). The summed E-state index contributed by atoms with van der Waals surface area (Å²) in [5.74, 6) is 0.653. The molecule has 1 saturated heterocycles. The second-order valence-electron chi connectivity index (χ2n) is 5.26. The van der Waals surface area contributed by atoms with Crippen LogP contribution in [-0.4, -0.2) is 38.1 Å². The van der Waals surface area contributed by atoms with Crippen molar-refractivity contribution in [2.45, 2.75) is 25.5 Å². The zero-order valence-electron chi connectivity index (χ0n) is 12.2. The summed E-state index contributed by atoms with van der Waals surface area (Å²) in [5.41, 5.74) is 1.84. The quantitative estimate of drug-likeness (QED) is 0.740. The van der Waals surface area contributed by atoms with Crippen LogP contribution < -0.4 is 5.32 Å². The zero-order chi connectivity index (χ0) is 15.6.